The molecule has 1 fully saturated rings. The number of morpholine rings is 1. The van der Waals surface area contributed by atoms with Gasteiger partial charge in [-0.1, -0.05) is 6.07 Å². The number of nitrogens with zero attached hydrogens (tertiary/aromatic N) is 1. The van der Waals surface area contributed by atoms with Crippen LogP contribution in [0.3, 0.4) is 0 Å². The normalized spacial score (nSPS) is 20.8. The van der Waals surface area contributed by atoms with E-state index in [2.05, 4.69) is 23.6 Å². The summed E-state index contributed by atoms with van der Waals surface area (Å²) in [5.74, 6) is 0.0597. The average molecular weight is 315 g/mol. The maximum absolute atomic E-state index is 11.5. The molecule has 1 aromatic heterocycles. The molecule has 6 heteroatoms. The number of hydrogen-bond acceptors (Lipinski definition) is 5. The maximum Gasteiger partial charge on any atom is 0.228 e. The van der Waals surface area contributed by atoms with Crippen LogP contribution in [0, 0.1) is 6.92 Å². The Balaban J connectivity index is 1.67. The number of carbonyl (C=O) groups is 1. The third kappa shape index (κ3) is 2.43. The zero-order valence-electron chi connectivity index (χ0n) is 12.3. The van der Waals surface area contributed by atoms with E-state index in [9.17, 15) is 4.79 Å². The van der Waals surface area contributed by atoms with Gasteiger partial charge in [-0.05, 0) is 24.6 Å². The lowest BCUT2D eigenvalue weighted by atomic mass is 10.1. The number of aryl methyl sites for hydroxylation is 1. The Morgan fingerprint density at radius 2 is 2.32 bits per heavy atom. The summed E-state index contributed by atoms with van der Waals surface area (Å²) in [6, 6.07) is 6.06. The van der Waals surface area contributed by atoms with Gasteiger partial charge in [-0.2, -0.15) is 0 Å². The second-order valence-corrected chi connectivity index (χ2v) is 6.85. The number of amides is 1. The molecule has 0 bridgehead atoms. The van der Waals surface area contributed by atoms with E-state index in [1.54, 1.807) is 11.3 Å². The minimum absolute atomic E-state index is 0.0453. The molecule has 0 spiro atoms. The van der Waals surface area contributed by atoms with Crippen LogP contribution in [0.15, 0.2) is 18.2 Å². The van der Waals surface area contributed by atoms with Crippen molar-refractivity contribution >= 4 is 22.9 Å². The van der Waals surface area contributed by atoms with Crippen molar-refractivity contribution in [1.29, 1.82) is 0 Å². The Morgan fingerprint density at radius 1 is 1.41 bits per heavy atom. The summed E-state index contributed by atoms with van der Waals surface area (Å²) in [6.45, 7) is 4.53. The largest absolute Gasteiger partial charge is 0.368 e. The first-order valence-electron chi connectivity index (χ1n) is 7.43. The van der Waals surface area contributed by atoms with Gasteiger partial charge < -0.3 is 15.4 Å². The molecule has 1 aromatic carbocycles. The van der Waals surface area contributed by atoms with Gasteiger partial charge in [0.1, 0.15) is 11.1 Å². The zero-order chi connectivity index (χ0) is 15.1. The predicted molar refractivity (Wildman–Crippen MR) is 86.2 cm³/mol. The van der Waals surface area contributed by atoms with Crippen molar-refractivity contribution in [2.75, 3.05) is 25.0 Å². The van der Waals surface area contributed by atoms with Crippen molar-refractivity contribution in [2.24, 2.45) is 0 Å². The van der Waals surface area contributed by atoms with Crippen molar-refractivity contribution < 1.29 is 9.53 Å². The lowest BCUT2D eigenvalue weighted by Gasteiger charge is -2.21. The number of hydrogen-bond donors (Lipinski definition) is 2. The van der Waals surface area contributed by atoms with Crippen LogP contribution in [0.1, 0.15) is 21.6 Å². The maximum atomic E-state index is 11.5. The summed E-state index contributed by atoms with van der Waals surface area (Å²) >= 11 is 1.69. The number of ether oxygens (including phenoxy) is 1. The summed E-state index contributed by atoms with van der Waals surface area (Å²) < 4.78 is 5.79. The summed E-state index contributed by atoms with van der Waals surface area (Å²) in [7, 11) is 0. The van der Waals surface area contributed by atoms with Crippen LogP contribution in [-0.4, -0.2) is 30.6 Å². The van der Waals surface area contributed by atoms with Crippen molar-refractivity contribution in [3.05, 3.63) is 33.6 Å². The number of carbonyl (C=O) groups excluding carboxylic acids is 1. The molecule has 2 N–H and O–H groups in total. The molecule has 0 aliphatic carbocycles. The highest BCUT2D eigenvalue weighted by Gasteiger charge is 2.23. The number of rotatable bonds is 2. The highest BCUT2D eigenvalue weighted by atomic mass is 32.1. The van der Waals surface area contributed by atoms with Gasteiger partial charge in [0, 0.05) is 29.2 Å². The molecule has 1 atom stereocenters. The van der Waals surface area contributed by atoms with Crippen LogP contribution in [-0.2, 0) is 16.0 Å². The lowest BCUT2D eigenvalue weighted by Crippen LogP contribution is -2.33. The molecule has 4 rings (SSSR count). The van der Waals surface area contributed by atoms with Gasteiger partial charge in [-0.3, -0.25) is 4.79 Å². The quantitative estimate of drug-likeness (QED) is 0.892. The van der Waals surface area contributed by atoms with Gasteiger partial charge in [0.15, 0.2) is 0 Å². The Hall–Kier alpha value is -1.76. The fraction of sp³-hybridized carbons (Fsp3) is 0.375. The van der Waals surface area contributed by atoms with Gasteiger partial charge in [0.05, 0.1) is 18.7 Å². The van der Waals surface area contributed by atoms with Crippen molar-refractivity contribution in [3.63, 3.8) is 0 Å². The summed E-state index contributed by atoms with van der Waals surface area (Å²) in [6.07, 6.45) is 0.498. The van der Waals surface area contributed by atoms with Gasteiger partial charge in [0.2, 0.25) is 5.91 Å². The molecule has 114 valence electrons. The van der Waals surface area contributed by atoms with Gasteiger partial charge in [-0.25, -0.2) is 4.98 Å². The van der Waals surface area contributed by atoms with Crippen LogP contribution >= 0.6 is 11.3 Å². The Labute approximate surface area is 132 Å². The Morgan fingerprint density at radius 3 is 3.14 bits per heavy atom. The highest BCUT2D eigenvalue weighted by Crippen LogP contribution is 2.34. The third-order valence-corrected chi connectivity index (χ3v) is 5.08. The number of fused-ring (bicyclic) bond motifs is 1. The first kappa shape index (κ1) is 13.9. The number of benzene rings is 1. The molecule has 2 aliphatic heterocycles. The first-order valence-corrected chi connectivity index (χ1v) is 8.25. The minimum Gasteiger partial charge on any atom is -0.368 e. The smallest absolute Gasteiger partial charge is 0.228 e. The molecule has 1 amide bonds. The number of nitrogens with one attached hydrogen (secondary N) is 2. The standard InChI is InChI=1S/C16H17N3O2S/c1-9-15(19-16(22-9)13-8-17-4-5-21-13)10-2-3-12-11(6-10)7-14(20)18-12/h2-3,6,13,17H,4-5,7-8H2,1H3,(H,18,20). The minimum atomic E-state index is 0.0453. The molecule has 0 saturated carbocycles. The van der Waals surface area contributed by atoms with E-state index in [1.807, 2.05) is 12.1 Å². The molecule has 0 radical (unpaired) electrons. The molecule has 3 heterocycles. The van der Waals surface area contributed by atoms with Crippen LogP contribution in [0.25, 0.3) is 11.3 Å². The zero-order valence-corrected chi connectivity index (χ0v) is 13.1. The van der Waals surface area contributed by atoms with Gasteiger partial charge in [-0.15, -0.1) is 11.3 Å². The average Bonchev–Trinajstić information content (AvgIpc) is 3.09. The number of thiazole rings is 1. The third-order valence-electron chi connectivity index (χ3n) is 4.02. The molecule has 1 unspecified atom stereocenters. The highest BCUT2D eigenvalue weighted by molar-refractivity contribution is 7.12. The molecule has 1 saturated heterocycles. The van der Waals surface area contributed by atoms with Crippen molar-refractivity contribution in [3.8, 4) is 11.3 Å². The second-order valence-electron chi connectivity index (χ2n) is 5.62. The monoisotopic (exact) mass is 315 g/mol. The van der Waals surface area contributed by atoms with Crippen LogP contribution < -0.4 is 10.6 Å². The van der Waals surface area contributed by atoms with E-state index in [1.165, 1.54) is 4.88 Å². The summed E-state index contributed by atoms with van der Waals surface area (Å²) in [5, 5.41) is 7.22. The predicted octanol–water partition coefficient (Wildman–Crippen LogP) is 2.27. The van der Waals surface area contributed by atoms with Crippen LogP contribution in [0.2, 0.25) is 0 Å². The van der Waals surface area contributed by atoms with E-state index in [4.69, 9.17) is 9.72 Å². The Kier molecular flexibility index (Phi) is 3.44. The number of aromatic nitrogens is 1. The van der Waals surface area contributed by atoms with Crippen LogP contribution in [0.4, 0.5) is 5.69 Å². The van der Waals surface area contributed by atoms with E-state index >= 15 is 0 Å². The van der Waals surface area contributed by atoms with E-state index < -0.39 is 0 Å². The topological polar surface area (TPSA) is 63.2 Å². The van der Waals surface area contributed by atoms with Gasteiger partial charge in [0.25, 0.3) is 0 Å². The fourth-order valence-electron chi connectivity index (χ4n) is 2.92. The molecule has 22 heavy (non-hydrogen) atoms. The van der Waals surface area contributed by atoms with E-state index in [0.717, 1.165) is 47.2 Å². The summed E-state index contributed by atoms with van der Waals surface area (Å²) in [5.41, 5.74) is 4.03. The van der Waals surface area contributed by atoms with Gasteiger partial charge >= 0.3 is 0 Å². The molecule has 5 nitrogen and oxygen atoms in total. The fourth-order valence-corrected chi connectivity index (χ4v) is 3.92. The van der Waals surface area contributed by atoms with Crippen LogP contribution in [0.5, 0.6) is 0 Å². The Bertz CT molecular complexity index is 735. The summed E-state index contributed by atoms with van der Waals surface area (Å²) in [4.78, 5) is 17.5. The van der Waals surface area contributed by atoms with E-state index in [-0.39, 0.29) is 12.0 Å². The van der Waals surface area contributed by atoms with Crippen molar-refractivity contribution in [1.82, 2.24) is 10.3 Å². The molecular weight excluding hydrogens is 298 g/mol. The molecular formula is C16H17N3O2S. The SMILES string of the molecule is Cc1sc(C2CNCCO2)nc1-c1ccc2c(c1)CC(=O)N2. The molecule has 2 aromatic rings. The van der Waals surface area contributed by atoms with Crippen molar-refractivity contribution in [2.45, 2.75) is 19.4 Å². The second kappa shape index (κ2) is 5.46. The molecule has 2 aliphatic rings. The first-order chi connectivity index (χ1) is 10.7. The van der Waals surface area contributed by atoms with E-state index in [0.29, 0.717) is 6.42 Å². The lowest BCUT2D eigenvalue weighted by molar-refractivity contribution is -0.115. The number of anilines is 1.